The second-order valence-corrected chi connectivity index (χ2v) is 6.47. The minimum absolute atomic E-state index is 0.227. The van der Waals surface area contributed by atoms with Gasteiger partial charge in [0.2, 0.25) is 11.8 Å². The van der Waals surface area contributed by atoms with E-state index in [2.05, 4.69) is 21.3 Å². The molecule has 28 heavy (non-hydrogen) atoms. The molecule has 8 nitrogen and oxygen atoms in total. The first-order chi connectivity index (χ1) is 13.2. The van der Waals surface area contributed by atoms with Gasteiger partial charge in [-0.25, -0.2) is 0 Å². The fourth-order valence-electron chi connectivity index (χ4n) is 2.10. The van der Waals surface area contributed by atoms with Crippen LogP contribution in [0.4, 0.5) is 17.1 Å². The molecule has 0 radical (unpaired) electrons. The smallest absolute Gasteiger partial charge is 0.313 e. The molecule has 0 aliphatic heterocycles. The van der Waals surface area contributed by atoms with Gasteiger partial charge < -0.3 is 21.3 Å². The van der Waals surface area contributed by atoms with Crippen molar-refractivity contribution in [1.82, 2.24) is 5.32 Å². The van der Waals surface area contributed by atoms with E-state index < -0.39 is 24.3 Å². The van der Waals surface area contributed by atoms with Crippen LogP contribution in [0.2, 0.25) is 10.0 Å². The number of hydrogen-bond acceptors (Lipinski definition) is 4. The Bertz CT molecular complexity index is 896. The van der Waals surface area contributed by atoms with Gasteiger partial charge in [-0.15, -0.1) is 0 Å². The molecule has 0 saturated carbocycles. The zero-order valence-electron chi connectivity index (χ0n) is 14.6. The number of hydrogen-bond donors (Lipinski definition) is 4. The summed E-state index contributed by atoms with van der Waals surface area (Å²) in [6, 6.07) is 10.7. The summed E-state index contributed by atoms with van der Waals surface area (Å²) in [6.07, 6.45) is 0. The lowest BCUT2D eigenvalue weighted by Crippen LogP contribution is -2.39. The van der Waals surface area contributed by atoms with Gasteiger partial charge in [-0.2, -0.15) is 0 Å². The topological polar surface area (TPSA) is 116 Å². The number of anilines is 3. The van der Waals surface area contributed by atoms with Crippen LogP contribution in [0.15, 0.2) is 42.5 Å². The van der Waals surface area contributed by atoms with Crippen LogP contribution in [0.3, 0.4) is 0 Å². The number of nitrogens with one attached hydrogen (secondary N) is 4. The highest BCUT2D eigenvalue weighted by Crippen LogP contribution is 2.22. The molecule has 146 valence electrons. The SMILES string of the molecule is CC(=O)Nc1ccc(NC(=O)C(=O)NCC(=O)Nc2cc(Cl)cc(Cl)c2)cc1. The van der Waals surface area contributed by atoms with Crippen molar-refractivity contribution in [2.75, 3.05) is 22.5 Å². The molecule has 0 unspecified atom stereocenters. The molecule has 0 fully saturated rings. The summed E-state index contributed by atoms with van der Waals surface area (Å²) >= 11 is 11.7. The zero-order chi connectivity index (χ0) is 20.7. The van der Waals surface area contributed by atoms with E-state index in [-0.39, 0.29) is 5.91 Å². The Labute approximate surface area is 170 Å². The van der Waals surface area contributed by atoms with Crippen LogP contribution in [0.5, 0.6) is 0 Å². The van der Waals surface area contributed by atoms with E-state index in [9.17, 15) is 19.2 Å². The summed E-state index contributed by atoms with van der Waals surface area (Å²) in [6.45, 7) is 0.953. The van der Waals surface area contributed by atoms with Gasteiger partial charge in [-0.3, -0.25) is 19.2 Å². The van der Waals surface area contributed by atoms with Crippen molar-refractivity contribution in [1.29, 1.82) is 0 Å². The lowest BCUT2D eigenvalue weighted by molar-refractivity contribution is -0.136. The van der Waals surface area contributed by atoms with Gasteiger partial charge >= 0.3 is 11.8 Å². The maximum Gasteiger partial charge on any atom is 0.313 e. The first kappa shape index (κ1) is 21.2. The minimum atomic E-state index is -0.981. The largest absolute Gasteiger partial charge is 0.339 e. The third-order valence-corrected chi connectivity index (χ3v) is 3.66. The van der Waals surface area contributed by atoms with E-state index in [4.69, 9.17) is 23.2 Å². The average molecular weight is 423 g/mol. The molecule has 2 aromatic carbocycles. The number of amides is 4. The number of halogens is 2. The van der Waals surface area contributed by atoms with Gasteiger partial charge in [0.1, 0.15) is 0 Å². The Kier molecular flexibility index (Phi) is 7.36. The van der Waals surface area contributed by atoms with Crippen LogP contribution in [-0.2, 0) is 19.2 Å². The third-order valence-electron chi connectivity index (χ3n) is 3.23. The highest BCUT2D eigenvalue weighted by Gasteiger charge is 2.15. The van der Waals surface area contributed by atoms with Gasteiger partial charge in [-0.1, -0.05) is 23.2 Å². The molecule has 4 N–H and O–H groups in total. The Morgan fingerprint density at radius 1 is 0.750 bits per heavy atom. The molecule has 0 aliphatic rings. The lowest BCUT2D eigenvalue weighted by atomic mass is 10.2. The molecular formula is C18H16Cl2N4O4. The molecule has 2 aromatic rings. The maximum absolute atomic E-state index is 11.9. The predicted molar refractivity (Wildman–Crippen MR) is 107 cm³/mol. The van der Waals surface area contributed by atoms with Crippen molar-refractivity contribution in [3.05, 3.63) is 52.5 Å². The molecule has 0 spiro atoms. The van der Waals surface area contributed by atoms with Crippen molar-refractivity contribution in [3.8, 4) is 0 Å². The Morgan fingerprint density at radius 3 is 1.82 bits per heavy atom. The van der Waals surface area contributed by atoms with Gasteiger partial charge in [0.25, 0.3) is 0 Å². The monoisotopic (exact) mass is 422 g/mol. The Hall–Kier alpha value is -3.10. The normalized spacial score (nSPS) is 9.96. The lowest BCUT2D eigenvalue weighted by Gasteiger charge is -2.09. The van der Waals surface area contributed by atoms with E-state index >= 15 is 0 Å². The molecule has 2 rings (SSSR count). The van der Waals surface area contributed by atoms with E-state index in [0.717, 1.165) is 0 Å². The summed E-state index contributed by atoms with van der Waals surface area (Å²) < 4.78 is 0. The van der Waals surface area contributed by atoms with Crippen molar-refractivity contribution in [2.24, 2.45) is 0 Å². The molecule has 0 aromatic heterocycles. The average Bonchev–Trinajstić information content (AvgIpc) is 2.60. The van der Waals surface area contributed by atoms with E-state index in [1.165, 1.54) is 37.3 Å². The van der Waals surface area contributed by atoms with Crippen LogP contribution in [-0.4, -0.2) is 30.2 Å². The molecule has 0 bridgehead atoms. The van der Waals surface area contributed by atoms with E-state index in [0.29, 0.717) is 27.1 Å². The van der Waals surface area contributed by atoms with Gasteiger partial charge in [0.15, 0.2) is 0 Å². The highest BCUT2D eigenvalue weighted by atomic mass is 35.5. The quantitative estimate of drug-likeness (QED) is 0.554. The molecular weight excluding hydrogens is 407 g/mol. The van der Waals surface area contributed by atoms with Crippen LogP contribution in [0.1, 0.15) is 6.92 Å². The summed E-state index contributed by atoms with van der Waals surface area (Å²) in [5.41, 5.74) is 1.26. The molecule has 10 heteroatoms. The summed E-state index contributed by atoms with van der Waals surface area (Å²) in [5.74, 6) is -2.70. The zero-order valence-corrected chi connectivity index (χ0v) is 16.1. The standard InChI is InChI=1S/C18H16Cl2N4O4/c1-10(25)22-13-2-4-14(5-3-13)24-18(28)17(27)21-9-16(26)23-15-7-11(19)6-12(20)8-15/h2-8H,9H2,1H3,(H,21,27)(H,22,25)(H,23,26)(H,24,28). The van der Waals surface area contributed by atoms with E-state index in [1.807, 2.05) is 0 Å². The minimum Gasteiger partial charge on any atom is -0.339 e. The van der Waals surface area contributed by atoms with Crippen LogP contribution in [0, 0.1) is 0 Å². The molecule has 0 heterocycles. The van der Waals surface area contributed by atoms with Crippen molar-refractivity contribution >= 4 is 63.9 Å². The Morgan fingerprint density at radius 2 is 1.29 bits per heavy atom. The summed E-state index contributed by atoms with van der Waals surface area (Å²) in [4.78, 5) is 46.5. The van der Waals surface area contributed by atoms with Crippen LogP contribution < -0.4 is 21.3 Å². The predicted octanol–water partition coefficient (Wildman–Crippen LogP) is 2.65. The first-order valence-electron chi connectivity index (χ1n) is 7.95. The summed E-state index contributed by atoms with van der Waals surface area (Å²) in [7, 11) is 0. The molecule has 0 saturated heterocycles. The fourth-order valence-corrected chi connectivity index (χ4v) is 2.63. The Balaban J connectivity index is 1.82. The van der Waals surface area contributed by atoms with Gasteiger partial charge in [-0.05, 0) is 42.5 Å². The van der Waals surface area contributed by atoms with Crippen LogP contribution in [0.25, 0.3) is 0 Å². The van der Waals surface area contributed by atoms with Crippen molar-refractivity contribution < 1.29 is 19.2 Å². The molecule has 0 atom stereocenters. The first-order valence-corrected chi connectivity index (χ1v) is 8.71. The van der Waals surface area contributed by atoms with Gasteiger partial charge in [0.05, 0.1) is 6.54 Å². The molecule has 4 amide bonds. The molecule has 0 aliphatic carbocycles. The third kappa shape index (κ3) is 6.90. The second kappa shape index (κ2) is 9.72. The van der Waals surface area contributed by atoms with Gasteiger partial charge in [0, 0.05) is 34.0 Å². The van der Waals surface area contributed by atoms with E-state index in [1.54, 1.807) is 12.1 Å². The second-order valence-electron chi connectivity index (χ2n) is 5.60. The number of rotatable bonds is 5. The van der Waals surface area contributed by atoms with Crippen molar-refractivity contribution in [3.63, 3.8) is 0 Å². The number of carbonyl (C=O) groups is 4. The summed E-state index contributed by atoms with van der Waals surface area (Å²) in [5, 5.41) is 10.3. The van der Waals surface area contributed by atoms with Crippen LogP contribution >= 0.6 is 23.2 Å². The maximum atomic E-state index is 11.9. The van der Waals surface area contributed by atoms with Crippen molar-refractivity contribution in [2.45, 2.75) is 6.92 Å². The number of benzene rings is 2. The number of carbonyl (C=O) groups excluding carboxylic acids is 4. The highest BCUT2D eigenvalue weighted by molar-refractivity contribution is 6.40. The fraction of sp³-hybridized carbons (Fsp3) is 0.111.